The Balaban J connectivity index is 0.00000256. The van der Waals surface area contributed by atoms with Crippen molar-refractivity contribution in [1.82, 2.24) is 4.73 Å². The molecule has 1 aromatic heterocycles. The number of nitrogens with zero attached hydrogens (tertiary/aromatic N) is 2. The summed E-state index contributed by atoms with van der Waals surface area (Å²) in [6, 6.07) is 3.38. The lowest BCUT2D eigenvalue weighted by Crippen LogP contribution is -2.21. The molecule has 1 N–H and O–H groups in total. The van der Waals surface area contributed by atoms with Crippen LogP contribution in [0.2, 0.25) is 5.02 Å². The third kappa shape index (κ3) is 5.46. The zero-order valence-electron chi connectivity index (χ0n) is 10.3. The van der Waals surface area contributed by atoms with Crippen LogP contribution in [-0.4, -0.2) is 16.5 Å². The fourth-order valence-electron chi connectivity index (χ4n) is 1.51. The van der Waals surface area contributed by atoms with Crippen molar-refractivity contribution in [2.45, 2.75) is 39.5 Å². The van der Waals surface area contributed by atoms with Gasteiger partial charge in [0.2, 0.25) is 0 Å². The molecule has 0 unspecified atom stereocenters. The number of hydrogen-bond donors (Lipinski definition) is 1. The molecule has 17 heavy (non-hydrogen) atoms. The summed E-state index contributed by atoms with van der Waals surface area (Å²) in [5.41, 5.74) is 1.22. The van der Waals surface area contributed by atoms with E-state index < -0.39 is 0 Å². The van der Waals surface area contributed by atoms with Gasteiger partial charge in [0.25, 0.3) is 0 Å². The molecule has 0 bridgehead atoms. The van der Waals surface area contributed by atoms with Gasteiger partial charge in [-0.1, -0.05) is 37.8 Å². The lowest BCUT2D eigenvalue weighted by molar-refractivity contribution is 0.165. The first-order valence-corrected chi connectivity index (χ1v) is 6.12. The molecular weight excluding hydrogens is 259 g/mol. The van der Waals surface area contributed by atoms with Crippen molar-refractivity contribution >= 4 is 24.0 Å². The van der Waals surface area contributed by atoms with Gasteiger partial charge in [0.05, 0.1) is 5.69 Å². The van der Waals surface area contributed by atoms with E-state index in [9.17, 15) is 5.21 Å². The molecule has 0 saturated heterocycles. The van der Waals surface area contributed by atoms with Gasteiger partial charge < -0.3 is 5.21 Å². The number of halogens is 2. The van der Waals surface area contributed by atoms with Crippen LogP contribution in [0.3, 0.4) is 0 Å². The van der Waals surface area contributed by atoms with E-state index in [4.69, 9.17) is 11.6 Å². The minimum absolute atomic E-state index is 0. The Morgan fingerprint density at radius 2 is 2.00 bits per heavy atom. The highest BCUT2D eigenvalue weighted by molar-refractivity contribution is 6.30. The maximum absolute atomic E-state index is 9.69. The minimum Gasteiger partial charge on any atom is -0.427 e. The molecule has 1 rings (SSSR count). The first kappa shape index (κ1) is 16.3. The first-order chi connectivity index (χ1) is 7.65. The molecule has 1 heterocycles. The second-order valence-corrected chi connectivity index (χ2v) is 4.36. The van der Waals surface area contributed by atoms with Crippen LogP contribution >= 0.6 is 24.0 Å². The van der Waals surface area contributed by atoms with Crippen LogP contribution in [-0.2, 0) is 0 Å². The van der Waals surface area contributed by atoms with Crippen LogP contribution in [0.25, 0.3) is 0 Å². The summed E-state index contributed by atoms with van der Waals surface area (Å²) in [5, 5.41) is 10.3. The minimum atomic E-state index is 0. The van der Waals surface area contributed by atoms with Gasteiger partial charge in [-0.3, -0.25) is 4.99 Å². The molecule has 0 fully saturated rings. The Bertz CT molecular complexity index is 402. The van der Waals surface area contributed by atoms with E-state index in [1.165, 1.54) is 19.3 Å². The predicted octanol–water partition coefficient (Wildman–Crippen LogP) is 3.59. The monoisotopic (exact) mass is 278 g/mol. The second kappa shape index (κ2) is 8.43. The molecule has 0 radical (unpaired) electrons. The number of unbranched alkanes of at least 4 members (excludes halogenated alkanes) is 3. The summed E-state index contributed by atoms with van der Waals surface area (Å²) in [5.74, 6) is 0. The van der Waals surface area contributed by atoms with E-state index in [0.717, 1.165) is 17.7 Å². The third-order valence-corrected chi connectivity index (χ3v) is 2.67. The van der Waals surface area contributed by atoms with E-state index in [0.29, 0.717) is 16.2 Å². The van der Waals surface area contributed by atoms with Crippen LogP contribution in [0.4, 0.5) is 0 Å². The number of hydrogen-bond acceptors (Lipinski definition) is 2. The molecule has 0 amide bonds. The molecule has 1 aromatic rings. The van der Waals surface area contributed by atoms with Crippen molar-refractivity contribution in [1.29, 1.82) is 0 Å². The maximum atomic E-state index is 9.69. The lowest BCUT2D eigenvalue weighted by atomic mass is 10.2. The van der Waals surface area contributed by atoms with Crippen LogP contribution in [0.1, 0.15) is 38.3 Å². The Morgan fingerprint density at radius 1 is 1.29 bits per heavy atom. The zero-order chi connectivity index (χ0) is 12.0. The number of pyridine rings is 1. The summed E-state index contributed by atoms with van der Waals surface area (Å²) in [4.78, 5) is 4.33. The van der Waals surface area contributed by atoms with E-state index in [1.807, 2.05) is 0 Å². The Hall–Kier alpha value is -0.670. The van der Waals surface area contributed by atoms with Gasteiger partial charge >= 0.3 is 0 Å². The van der Waals surface area contributed by atoms with Crippen molar-refractivity contribution in [2.24, 2.45) is 4.99 Å². The normalized spacial score (nSPS) is 11.4. The first-order valence-electron chi connectivity index (χ1n) is 5.74. The molecular formula is C12H20Cl2N2O. The van der Waals surface area contributed by atoms with E-state index in [1.54, 1.807) is 19.1 Å². The van der Waals surface area contributed by atoms with Gasteiger partial charge in [0, 0.05) is 17.6 Å². The Morgan fingerprint density at radius 3 is 2.65 bits per heavy atom. The lowest BCUT2D eigenvalue weighted by Gasteiger charge is -2.04. The SMILES string of the molecule is CCCCCCN=c1cc(Cl)cc(C)n1O.Cl. The highest BCUT2D eigenvalue weighted by atomic mass is 35.5. The number of aromatic nitrogens is 1. The molecule has 0 aliphatic carbocycles. The van der Waals surface area contributed by atoms with E-state index >= 15 is 0 Å². The molecule has 0 spiro atoms. The van der Waals surface area contributed by atoms with Crippen LogP contribution in [0.15, 0.2) is 17.1 Å². The van der Waals surface area contributed by atoms with E-state index in [-0.39, 0.29) is 12.4 Å². The number of aryl methyl sites for hydroxylation is 1. The smallest absolute Gasteiger partial charge is 0.165 e. The summed E-state index contributed by atoms with van der Waals surface area (Å²) in [6.45, 7) is 4.71. The quantitative estimate of drug-likeness (QED) is 0.649. The van der Waals surface area contributed by atoms with Gasteiger partial charge in [-0.25, -0.2) is 0 Å². The summed E-state index contributed by atoms with van der Waals surface area (Å²) < 4.78 is 1.08. The maximum Gasteiger partial charge on any atom is 0.165 e. The Kier molecular flexibility index (Phi) is 8.09. The van der Waals surface area contributed by atoms with Crippen LogP contribution < -0.4 is 5.49 Å². The average Bonchev–Trinajstić information content (AvgIpc) is 2.24. The fraction of sp³-hybridized carbons (Fsp3) is 0.583. The standard InChI is InChI=1S/C12H19ClN2O.ClH/c1-3-4-5-6-7-14-12-9-11(13)8-10(2)15(12)16;/h8-9,16H,3-7H2,1-2H3;1H. The van der Waals surface area contributed by atoms with Gasteiger partial charge in [0.1, 0.15) is 0 Å². The van der Waals surface area contributed by atoms with Crippen molar-refractivity contribution < 1.29 is 5.21 Å². The molecule has 0 saturated carbocycles. The molecule has 5 heteroatoms. The summed E-state index contributed by atoms with van der Waals surface area (Å²) in [7, 11) is 0. The largest absolute Gasteiger partial charge is 0.427 e. The van der Waals surface area contributed by atoms with Gasteiger partial charge in [-0.2, -0.15) is 4.73 Å². The van der Waals surface area contributed by atoms with Crippen molar-refractivity contribution in [2.75, 3.05) is 6.54 Å². The molecule has 0 aliphatic heterocycles. The highest BCUT2D eigenvalue weighted by Gasteiger charge is 1.97. The number of rotatable bonds is 5. The third-order valence-electron chi connectivity index (χ3n) is 2.45. The fourth-order valence-corrected chi connectivity index (χ4v) is 1.77. The van der Waals surface area contributed by atoms with Gasteiger partial charge in [0.15, 0.2) is 5.49 Å². The molecule has 98 valence electrons. The molecule has 0 aliphatic rings. The van der Waals surface area contributed by atoms with Crippen molar-refractivity contribution in [3.8, 4) is 0 Å². The van der Waals surface area contributed by atoms with Crippen LogP contribution in [0.5, 0.6) is 0 Å². The van der Waals surface area contributed by atoms with Crippen molar-refractivity contribution in [3.05, 3.63) is 28.3 Å². The molecule has 0 aromatic carbocycles. The molecule has 0 atom stereocenters. The zero-order valence-corrected chi connectivity index (χ0v) is 11.9. The van der Waals surface area contributed by atoms with Crippen molar-refractivity contribution in [3.63, 3.8) is 0 Å². The summed E-state index contributed by atoms with van der Waals surface area (Å²) >= 11 is 5.90. The predicted molar refractivity (Wildman–Crippen MR) is 73.2 cm³/mol. The average molecular weight is 279 g/mol. The Labute approximate surface area is 114 Å². The summed E-state index contributed by atoms with van der Waals surface area (Å²) in [6.07, 6.45) is 4.70. The van der Waals surface area contributed by atoms with E-state index in [2.05, 4.69) is 11.9 Å². The topological polar surface area (TPSA) is 37.5 Å². The van der Waals surface area contributed by atoms with Gasteiger partial charge in [-0.15, -0.1) is 12.4 Å². The van der Waals surface area contributed by atoms with Gasteiger partial charge in [-0.05, 0) is 19.4 Å². The van der Waals surface area contributed by atoms with Crippen LogP contribution in [0, 0.1) is 6.92 Å². The highest BCUT2D eigenvalue weighted by Crippen LogP contribution is 2.05. The second-order valence-electron chi connectivity index (χ2n) is 3.93. The molecule has 3 nitrogen and oxygen atoms in total.